The Morgan fingerprint density at radius 1 is 1.50 bits per heavy atom. The van der Waals surface area contributed by atoms with E-state index in [9.17, 15) is 4.79 Å². The van der Waals surface area contributed by atoms with E-state index in [0.717, 1.165) is 37.0 Å². The fraction of sp³-hybridized carbons (Fsp3) is 0.533. The topological polar surface area (TPSA) is 46.5 Å². The van der Waals surface area contributed by atoms with Crippen LogP contribution in [0.15, 0.2) is 18.2 Å². The van der Waals surface area contributed by atoms with Gasteiger partial charge in [0.2, 0.25) is 0 Å². The summed E-state index contributed by atoms with van der Waals surface area (Å²) < 4.78 is 5.85. The summed E-state index contributed by atoms with van der Waals surface area (Å²) in [5, 5.41) is 9.00. The molecule has 3 nitrogen and oxygen atoms in total. The van der Waals surface area contributed by atoms with Gasteiger partial charge in [-0.2, -0.15) is 0 Å². The van der Waals surface area contributed by atoms with Crippen molar-refractivity contribution < 1.29 is 14.6 Å². The maximum absolute atomic E-state index is 10.9. The standard InChI is InChI=1S/C15H18O3/c1-10-2-3-11-4-5-12(8-13(11)18-10)15(6-7-15)9-14(16)17/h4-5,8,10H,2-3,6-7,9H2,1H3,(H,16,17). The van der Waals surface area contributed by atoms with Gasteiger partial charge in [-0.05, 0) is 49.8 Å². The highest BCUT2D eigenvalue weighted by molar-refractivity contribution is 5.70. The molecule has 1 aliphatic heterocycles. The third-order valence-corrected chi connectivity index (χ3v) is 4.17. The Bertz CT molecular complexity index is 489. The average molecular weight is 246 g/mol. The molecule has 0 radical (unpaired) electrons. The van der Waals surface area contributed by atoms with Crippen LogP contribution in [0.2, 0.25) is 0 Å². The van der Waals surface area contributed by atoms with Crippen molar-refractivity contribution in [2.45, 2.75) is 50.5 Å². The van der Waals surface area contributed by atoms with Gasteiger partial charge in [0, 0.05) is 5.41 Å². The van der Waals surface area contributed by atoms with Gasteiger partial charge in [-0.25, -0.2) is 0 Å². The molecular weight excluding hydrogens is 228 g/mol. The fourth-order valence-corrected chi connectivity index (χ4v) is 2.84. The number of aliphatic carboxylic acids is 1. The number of aryl methyl sites for hydroxylation is 1. The molecule has 0 saturated heterocycles. The van der Waals surface area contributed by atoms with Crippen LogP contribution in [-0.4, -0.2) is 17.2 Å². The summed E-state index contributed by atoms with van der Waals surface area (Å²) in [5.74, 6) is 0.252. The molecule has 0 amide bonds. The van der Waals surface area contributed by atoms with E-state index in [1.54, 1.807) is 0 Å². The predicted octanol–water partition coefficient (Wildman–Crippen LogP) is 2.91. The molecule has 1 heterocycles. The van der Waals surface area contributed by atoms with E-state index >= 15 is 0 Å². The van der Waals surface area contributed by atoms with Crippen molar-refractivity contribution in [3.8, 4) is 5.75 Å². The molecule has 2 aliphatic rings. The van der Waals surface area contributed by atoms with Crippen molar-refractivity contribution in [2.24, 2.45) is 0 Å². The first-order valence-electron chi connectivity index (χ1n) is 6.61. The number of carboxylic acid groups (broad SMARTS) is 1. The minimum absolute atomic E-state index is 0.120. The number of benzene rings is 1. The second-order valence-corrected chi connectivity index (χ2v) is 5.64. The van der Waals surface area contributed by atoms with E-state index in [4.69, 9.17) is 9.84 Å². The van der Waals surface area contributed by atoms with Crippen molar-refractivity contribution in [3.63, 3.8) is 0 Å². The van der Waals surface area contributed by atoms with Crippen molar-refractivity contribution in [3.05, 3.63) is 29.3 Å². The van der Waals surface area contributed by atoms with E-state index in [1.807, 2.05) is 0 Å². The van der Waals surface area contributed by atoms with Gasteiger partial charge in [-0.1, -0.05) is 12.1 Å². The molecule has 1 aromatic rings. The Morgan fingerprint density at radius 3 is 2.94 bits per heavy atom. The van der Waals surface area contributed by atoms with Crippen molar-refractivity contribution in [2.75, 3.05) is 0 Å². The number of rotatable bonds is 3. The maximum Gasteiger partial charge on any atom is 0.304 e. The van der Waals surface area contributed by atoms with Crippen LogP contribution in [0.25, 0.3) is 0 Å². The number of hydrogen-bond donors (Lipinski definition) is 1. The highest BCUT2D eigenvalue weighted by Crippen LogP contribution is 2.52. The van der Waals surface area contributed by atoms with Crippen LogP contribution < -0.4 is 4.74 Å². The summed E-state index contributed by atoms with van der Waals surface area (Å²) in [6.07, 6.45) is 4.58. The van der Waals surface area contributed by atoms with Gasteiger partial charge in [0.15, 0.2) is 0 Å². The molecule has 0 aromatic heterocycles. The van der Waals surface area contributed by atoms with E-state index in [-0.39, 0.29) is 17.9 Å². The summed E-state index contributed by atoms with van der Waals surface area (Å²) in [5.41, 5.74) is 2.27. The lowest BCUT2D eigenvalue weighted by molar-refractivity contribution is -0.137. The van der Waals surface area contributed by atoms with Crippen LogP contribution in [0, 0.1) is 0 Å². The number of carboxylic acids is 1. The molecule has 3 rings (SSSR count). The monoisotopic (exact) mass is 246 g/mol. The lowest BCUT2D eigenvalue weighted by Crippen LogP contribution is -2.20. The molecule has 1 atom stereocenters. The maximum atomic E-state index is 10.9. The molecule has 18 heavy (non-hydrogen) atoms. The minimum atomic E-state index is -0.709. The summed E-state index contributed by atoms with van der Waals surface area (Å²) in [4.78, 5) is 10.9. The van der Waals surface area contributed by atoms with E-state index < -0.39 is 5.97 Å². The minimum Gasteiger partial charge on any atom is -0.490 e. The molecule has 96 valence electrons. The Morgan fingerprint density at radius 2 is 2.28 bits per heavy atom. The molecule has 1 aromatic carbocycles. The first-order valence-corrected chi connectivity index (χ1v) is 6.61. The summed E-state index contributed by atoms with van der Waals surface area (Å²) in [6.45, 7) is 2.08. The SMILES string of the molecule is CC1CCc2ccc(C3(CC(=O)O)CC3)cc2O1. The molecule has 1 N–H and O–H groups in total. The van der Waals surface area contributed by atoms with Crippen molar-refractivity contribution >= 4 is 5.97 Å². The Labute approximate surface area is 107 Å². The highest BCUT2D eigenvalue weighted by atomic mass is 16.5. The zero-order valence-electron chi connectivity index (χ0n) is 10.6. The first kappa shape index (κ1) is 11.6. The van der Waals surface area contributed by atoms with Crippen LogP contribution in [0.1, 0.15) is 43.7 Å². The zero-order chi connectivity index (χ0) is 12.8. The third-order valence-electron chi connectivity index (χ3n) is 4.17. The molecule has 1 aliphatic carbocycles. The van der Waals surface area contributed by atoms with E-state index in [0.29, 0.717) is 0 Å². The van der Waals surface area contributed by atoms with Gasteiger partial charge >= 0.3 is 5.97 Å². The normalized spacial score (nSPS) is 23.9. The Hall–Kier alpha value is -1.51. The molecule has 0 bridgehead atoms. The smallest absolute Gasteiger partial charge is 0.304 e. The van der Waals surface area contributed by atoms with E-state index in [2.05, 4.69) is 25.1 Å². The van der Waals surface area contributed by atoms with Gasteiger partial charge < -0.3 is 9.84 Å². The third kappa shape index (κ3) is 1.98. The largest absolute Gasteiger partial charge is 0.490 e. The van der Waals surface area contributed by atoms with Crippen LogP contribution in [0.3, 0.4) is 0 Å². The van der Waals surface area contributed by atoms with Crippen molar-refractivity contribution in [1.29, 1.82) is 0 Å². The van der Waals surface area contributed by atoms with Crippen LogP contribution in [0.5, 0.6) is 5.75 Å². The van der Waals surface area contributed by atoms with Gasteiger partial charge in [0.05, 0.1) is 12.5 Å². The highest BCUT2D eigenvalue weighted by Gasteiger charge is 2.46. The molecule has 3 heteroatoms. The molecule has 1 fully saturated rings. The van der Waals surface area contributed by atoms with Crippen LogP contribution in [-0.2, 0) is 16.6 Å². The number of carbonyl (C=O) groups is 1. The van der Waals surface area contributed by atoms with Gasteiger partial charge in [-0.15, -0.1) is 0 Å². The first-order chi connectivity index (χ1) is 8.59. The lowest BCUT2D eigenvalue weighted by atomic mass is 9.90. The number of ether oxygens (including phenoxy) is 1. The molecule has 1 unspecified atom stereocenters. The average Bonchev–Trinajstić information content (AvgIpc) is 3.08. The van der Waals surface area contributed by atoms with Crippen LogP contribution in [0.4, 0.5) is 0 Å². The summed E-state index contributed by atoms with van der Waals surface area (Å²) in [7, 11) is 0. The second kappa shape index (κ2) is 4.01. The summed E-state index contributed by atoms with van der Waals surface area (Å²) in [6, 6.07) is 6.27. The van der Waals surface area contributed by atoms with Gasteiger partial charge in [0.1, 0.15) is 5.75 Å². The number of fused-ring (bicyclic) bond motifs is 1. The molecule has 0 spiro atoms. The Kier molecular flexibility index (Phi) is 2.58. The number of hydrogen-bond acceptors (Lipinski definition) is 2. The van der Waals surface area contributed by atoms with Crippen molar-refractivity contribution in [1.82, 2.24) is 0 Å². The second-order valence-electron chi connectivity index (χ2n) is 5.64. The van der Waals surface area contributed by atoms with Crippen LogP contribution >= 0.6 is 0 Å². The van der Waals surface area contributed by atoms with Gasteiger partial charge in [-0.3, -0.25) is 4.79 Å². The van der Waals surface area contributed by atoms with Gasteiger partial charge in [0.25, 0.3) is 0 Å². The predicted molar refractivity (Wildman–Crippen MR) is 68.0 cm³/mol. The summed E-state index contributed by atoms with van der Waals surface area (Å²) >= 11 is 0. The zero-order valence-corrected chi connectivity index (χ0v) is 10.6. The Balaban J connectivity index is 1.90. The van der Waals surface area contributed by atoms with E-state index in [1.165, 1.54) is 5.56 Å². The molecule has 1 saturated carbocycles. The quantitative estimate of drug-likeness (QED) is 0.892. The lowest BCUT2D eigenvalue weighted by Gasteiger charge is -2.25. The fourth-order valence-electron chi connectivity index (χ4n) is 2.84. The molecular formula is C15H18O3.